The molecule has 0 radical (unpaired) electrons. The number of hydrogen-bond donors (Lipinski definition) is 2. The first-order chi connectivity index (χ1) is 32.6. The van der Waals surface area contributed by atoms with Gasteiger partial charge in [0, 0.05) is 52.3 Å². The summed E-state index contributed by atoms with van der Waals surface area (Å²) in [5.41, 5.74) is 12.4. The average molecular weight is 941 g/mol. The highest BCUT2D eigenvalue weighted by Crippen LogP contribution is 2.40. The number of ether oxygens (including phenoxy) is 3. The molecule has 3 N–H and O–H groups in total. The molecule has 2 aliphatic rings. The van der Waals surface area contributed by atoms with Crippen molar-refractivity contribution in [2.24, 2.45) is 4.99 Å². The molecule has 0 aliphatic carbocycles. The van der Waals surface area contributed by atoms with Gasteiger partial charge in [0.2, 0.25) is 11.8 Å². The summed E-state index contributed by atoms with van der Waals surface area (Å²) in [7, 11) is 0. The summed E-state index contributed by atoms with van der Waals surface area (Å²) in [5.74, 6) is 2.86. The van der Waals surface area contributed by atoms with Crippen LogP contribution in [0.4, 0.5) is 5.82 Å². The number of benzene rings is 3. The maximum absolute atomic E-state index is 13.3. The summed E-state index contributed by atoms with van der Waals surface area (Å²) in [5, 5.41) is 19.1. The predicted octanol–water partition coefficient (Wildman–Crippen LogP) is 7.94. The minimum atomic E-state index is -0.562. The number of halogens is 1. The Morgan fingerprint density at radius 2 is 1.69 bits per heavy atom. The third-order valence-electron chi connectivity index (χ3n) is 11.8. The molecule has 67 heavy (non-hydrogen) atoms. The Morgan fingerprint density at radius 3 is 2.49 bits per heavy atom. The molecule has 3 aromatic carbocycles. The van der Waals surface area contributed by atoms with Crippen LogP contribution >= 0.6 is 22.9 Å². The van der Waals surface area contributed by atoms with Gasteiger partial charge in [-0.1, -0.05) is 48.0 Å². The van der Waals surface area contributed by atoms with Crippen molar-refractivity contribution in [3.8, 4) is 27.8 Å². The zero-order chi connectivity index (χ0) is 46.4. The van der Waals surface area contributed by atoms with Gasteiger partial charge in [-0.05, 0) is 87.7 Å². The minimum Gasteiger partial charge on any atom is -0.457 e. The topological polar surface area (TPSA) is 190 Å². The van der Waals surface area contributed by atoms with Crippen molar-refractivity contribution in [2.75, 3.05) is 51.8 Å². The van der Waals surface area contributed by atoms with E-state index in [0.717, 1.165) is 57.4 Å². The van der Waals surface area contributed by atoms with Crippen LogP contribution in [0.2, 0.25) is 5.02 Å². The first kappa shape index (κ1) is 45.4. The molecule has 16 nitrogen and oxygen atoms in total. The first-order valence-corrected chi connectivity index (χ1v) is 23.4. The van der Waals surface area contributed by atoms with Gasteiger partial charge < -0.3 is 30.2 Å². The predicted molar refractivity (Wildman–Crippen MR) is 258 cm³/mol. The zero-order valence-electron chi connectivity index (χ0n) is 37.4. The third kappa shape index (κ3) is 10.00. The Kier molecular flexibility index (Phi) is 13.8. The van der Waals surface area contributed by atoms with Gasteiger partial charge in [-0.2, -0.15) is 5.10 Å². The van der Waals surface area contributed by atoms with Gasteiger partial charge in [0.15, 0.2) is 11.5 Å². The monoisotopic (exact) mass is 939 g/mol. The van der Waals surface area contributed by atoms with Gasteiger partial charge in [0.05, 0.1) is 50.0 Å². The lowest BCUT2D eigenvalue weighted by molar-refractivity contribution is -0.127. The lowest BCUT2D eigenvalue weighted by Crippen LogP contribution is -2.40. The maximum Gasteiger partial charge on any atom is 0.246 e. The van der Waals surface area contributed by atoms with Gasteiger partial charge in [-0.25, -0.2) is 14.6 Å². The number of aromatic nitrogens is 7. The molecule has 4 aromatic heterocycles. The van der Waals surface area contributed by atoms with Crippen LogP contribution < -0.4 is 15.8 Å². The van der Waals surface area contributed by atoms with E-state index in [9.17, 15) is 9.59 Å². The number of nitrogens with zero attached hydrogens (tertiary/aromatic N) is 9. The van der Waals surface area contributed by atoms with Gasteiger partial charge >= 0.3 is 0 Å². The number of anilines is 1. The zero-order valence-corrected chi connectivity index (χ0v) is 39.0. The Bertz CT molecular complexity index is 2950. The molecule has 0 bridgehead atoms. The third-order valence-corrected chi connectivity index (χ3v) is 13.3. The van der Waals surface area contributed by atoms with Crippen molar-refractivity contribution in [3.05, 3.63) is 136 Å². The van der Waals surface area contributed by atoms with E-state index >= 15 is 0 Å². The molecular weight excluding hydrogens is 890 g/mol. The van der Waals surface area contributed by atoms with Crippen molar-refractivity contribution in [1.29, 1.82) is 0 Å². The molecule has 2 atom stereocenters. The highest BCUT2D eigenvalue weighted by Gasteiger charge is 2.33. The number of aryl methyl sites for hydroxylation is 2. The quantitative estimate of drug-likeness (QED) is 0.0707. The van der Waals surface area contributed by atoms with Crippen LogP contribution in [0, 0.1) is 20.8 Å². The van der Waals surface area contributed by atoms with E-state index in [-0.39, 0.29) is 30.9 Å². The van der Waals surface area contributed by atoms with Crippen LogP contribution in [0.3, 0.4) is 0 Å². The number of para-hydroxylation sites is 1. The number of fused-ring (bicyclic) bond motifs is 4. The summed E-state index contributed by atoms with van der Waals surface area (Å²) >= 11 is 7.91. The summed E-state index contributed by atoms with van der Waals surface area (Å²) in [6.45, 7) is 8.71. The van der Waals surface area contributed by atoms with Crippen LogP contribution in [0.5, 0.6) is 11.5 Å². The SMILES string of the molecule is Cc1sc2c(c1C)C(c1ccc(Cl)cc1)=N[C@@H](CC(=O)NCCOCCOC/C=C/C(=O)N1CCC[C@@H](n3nc(-c4ccc(Oc5ccccc5)cc4)c4c(N)ncnc43)C1)c1nnc(C)n1-2. The molecule has 0 spiro atoms. The maximum atomic E-state index is 13.3. The molecular formula is C49H50ClN11O5S. The van der Waals surface area contributed by atoms with Crippen molar-refractivity contribution >= 4 is 57.3 Å². The van der Waals surface area contributed by atoms with E-state index in [1.165, 1.54) is 11.2 Å². The number of thiophene rings is 1. The Labute approximate surface area is 396 Å². The molecule has 18 heteroatoms. The second-order valence-electron chi connectivity index (χ2n) is 16.3. The number of nitrogens with two attached hydrogens (primary N) is 1. The highest BCUT2D eigenvalue weighted by molar-refractivity contribution is 7.15. The number of aliphatic imine (C=N–C) groups is 1. The molecule has 344 valence electrons. The van der Waals surface area contributed by atoms with Gasteiger partial charge in [-0.15, -0.1) is 21.5 Å². The molecule has 7 aromatic rings. The smallest absolute Gasteiger partial charge is 0.246 e. The fourth-order valence-corrected chi connectivity index (χ4v) is 9.72. The largest absolute Gasteiger partial charge is 0.457 e. The number of carbonyl (C=O) groups excluding carboxylic acids is 2. The van der Waals surface area contributed by atoms with Crippen LogP contribution in [0.15, 0.2) is 102 Å². The van der Waals surface area contributed by atoms with E-state index in [0.29, 0.717) is 78.6 Å². The molecule has 2 aliphatic heterocycles. The fraction of sp³-hybridized carbons (Fsp3) is 0.306. The van der Waals surface area contributed by atoms with E-state index in [1.807, 2.05) is 99.9 Å². The van der Waals surface area contributed by atoms with E-state index in [4.69, 9.17) is 41.6 Å². The number of amides is 2. The summed E-state index contributed by atoms with van der Waals surface area (Å²) < 4.78 is 21.3. The van der Waals surface area contributed by atoms with Crippen molar-refractivity contribution in [1.82, 2.24) is 44.7 Å². The molecule has 0 saturated carbocycles. The lowest BCUT2D eigenvalue weighted by Gasteiger charge is -2.32. The molecule has 1 saturated heterocycles. The van der Waals surface area contributed by atoms with Crippen LogP contribution in [0.1, 0.15) is 64.6 Å². The molecule has 6 heterocycles. The van der Waals surface area contributed by atoms with Crippen LogP contribution in [0.25, 0.3) is 27.3 Å². The Balaban J connectivity index is 0.729. The van der Waals surface area contributed by atoms with Crippen LogP contribution in [-0.4, -0.2) is 103 Å². The average Bonchev–Trinajstić information content (AvgIpc) is 3.99. The van der Waals surface area contributed by atoms with Gasteiger partial charge in [0.1, 0.15) is 46.2 Å². The molecule has 0 unspecified atom stereocenters. The van der Waals surface area contributed by atoms with E-state index in [2.05, 4.69) is 39.3 Å². The minimum absolute atomic E-state index is 0.0845. The number of piperidine rings is 1. The number of nitrogen functional groups attached to an aromatic ring is 1. The van der Waals surface area contributed by atoms with Crippen molar-refractivity contribution in [3.63, 3.8) is 0 Å². The van der Waals surface area contributed by atoms with E-state index < -0.39 is 6.04 Å². The van der Waals surface area contributed by atoms with E-state index in [1.54, 1.807) is 23.5 Å². The lowest BCUT2D eigenvalue weighted by atomic mass is 9.99. The number of hydrogen-bond acceptors (Lipinski definition) is 13. The van der Waals surface area contributed by atoms with Crippen LogP contribution in [-0.2, 0) is 19.1 Å². The summed E-state index contributed by atoms with van der Waals surface area (Å²) in [4.78, 5) is 43.6. The summed E-state index contributed by atoms with van der Waals surface area (Å²) in [6.07, 6.45) is 6.42. The second kappa shape index (κ2) is 20.4. The highest BCUT2D eigenvalue weighted by atomic mass is 35.5. The standard InChI is InChI=1S/C49H50ClN11O5S/c1-30-31(2)67-49-42(30)44(33-13-17-35(50)18-14-33)55-39(47-57-56-32(3)60(47)49)27-40(62)52-21-24-65-26-25-64-23-8-12-41(63)59-22-7-9-36(28-59)61-48-43(46(51)53-29-54-48)45(58-61)34-15-19-38(20-16-34)66-37-10-5-4-6-11-37/h4-6,8,10-20,29,36,39H,7,9,21-28H2,1-3H3,(H,52,62)(H2,51,53,54)/b12-8+/t36-,39+/m1/s1. The Morgan fingerprint density at radius 1 is 0.925 bits per heavy atom. The Hall–Kier alpha value is -6.79. The second-order valence-corrected chi connectivity index (χ2v) is 18.0. The first-order valence-electron chi connectivity index (χ1n) is 22.2. The van der Waals surface area contributed by atoms with Crippen molar-refractivity contribution in [2.45, 2.75) is 52.1 Å². The van der Waals surface area contributed by atoms with Gasteiger partial charge in [-0.3, -0.25) is 19.1 Å². The molecule has 2 amide bonds. The van der Waals surface area contributed by atoms with Crippen molar-refractivity contribution < 1.29 is 23.8 Å². The molecule has 1 fully saturated rings. The number of rotatable bonds is 16. The number of carbonyl (C=O) groups is 2. The summed E-state index contributed by atoms with van der Waals surface area (Å²) in [6, 6.07) is 24.2. The fourth-order valence-electron chi connectivity index (χ4n) is 8.38. The van der Waals surface area contributed by atoms with Gasteiger partial charge in [0.25, 0.3) is 0 Å². The molecule has 9 rings (SSSR count). The number of likely N-dealkylation sites (tertiary alicyclic amines) is 1. The number of nitrogens with one attached hydrogen (secondary N) is 1. The normalized spacial score (nSPS) is 15.9.